The Balaban J connectivity index is 2.07. The van der Waals surface area contributed by atoms with E-state index in [2.05, 4.69) is 0 Å². The molecule has 106 valence electrons. The highest BCUT2D eigenvalue weighted by Gasteiger charge is 2.14. The molecule has 3 N–H and O–H groups in total. The first kappa shape index (κ1) is 14.1. The Kier molecular flexibility index (Phi) is 4.10. The third-order valence-electron chi connectivity index (χ3n) is 3.17. The minimum Gasteiger partial charge on any atom is -0.486 e. The largest absolute Gasteiger partial charge is 0.486 e. The summed E-state index contributed by atoms with van der Waals surface area (Å²) in [5, 5.41) is 0. The standard InChI is InChI=1S/C15H18N2O3/c1-9-4-5-12(6-10(9)2)19-8-13-7-11(3)14(20-13)15(18)17-16/h4-7H,8,16H2,1-3H3,(H,17,18). The van der Waals surface area contributed by atoms with E-state index >= 15 is 0 Å². The zero-order valence-corrected chi connectivity index (χ0v) is 11.8. The van der Waals surface area contributed by atoms with E-state index in [4.69, 9.17) is 15.0 Å². The third-order valence-corrected chi connectivity index (χ3v) is 3.17. The van der Waals surface area contributed by atoms with Crippen molar-refractivity contribution in [3.8, 4) is 5.75 Å². The van der Waals surface area contributed by atoms with Crippen LogP contribution in [0.1, 0.15) is 33.0 Å². The van der Waals surface area contributed by atoms with Gasteiger partial charge < -0.3 is 9.15 Å². The predicted octanol–water partition coefficient (Wildman–Crippen LogP) is 2.39. The van der Waals surface area contributed by atoms with E-state index in [9.17, 15) is 4.79 Å². The van der Waals surface area contributed by atoms with Crippen LogP contribution in [-0.2, 0) is 6.61 Å². The van der Waals surface area contributed by atoms with Gasteiger partial charge in [0, 0.05) is 5.56 Å². The number of furan rings is 1. The van der Waals surface area contributed by atoms with Crippen LogP contribution in [0.4, 0.5) is 0 Å². The van der Waals surface area contributed by atoms with Crippen LogP contribution >= 0.6 is 0 Å². The van der Waals surface area contributed by atoms with E-state index in [1.807, 2.05) is 37.5 Å². The number of rotatable bonds is 4. The first-order valence-electron chi connectivity index (χ1n) is 6.31. The van der Waals surface area contributed by atoms with Crippen LogP contribution in [0.5, 0.6) is 5.75 Å². The Bertz CT molecular complexity index is 632. The summed E-state index contributed by atoms with van der Waals surface area (Å²) < 4.78 is 11.1. The fraction of sp³-hybridized carbons (Fsp3) is 0.267. The topological polar surface area (TPSA) is 77.5 Å². The smallest absolute Gasteiger partial charge is 0.301 e. The highest BCUT2D eigenvalue weighted by atomic mass is 16.5. The van der Waals surface area contributed by atoms with Gasteiger partial charge in [0.2, 0.25) is 0 Å². The van der Waals surface area contributed by atoms with Crippen molar-refractivity contribution < 1.29 is 13.9 Å². The summed E-state index contributed by atoms with van der Waals surface area (Å²) in [5.41, 5.74) is 5.16. The molecule has 1 aromatic heterocycles. The van der Waals surface area contributed by atoms with Gasteiger partial charge in [0.1, 0.15) is 18.1 Å². The van der Waals surface area contributed by atoms with Gasteiger partial charge in [0.05, 0.1) is 0 Å². The Morgan fingerprint density at radius 3 is 2.60 bits per heavy atom. The number of nitrogen functional groups attached to an aromatic ring is 1. The molecule has 1 amide bonds. The molecule has 0 radical (unpaired) electrons. The number of nitrogens with two attached hydrogens (primary N) is 1. The maximum absolute atomic E-state index is 11.4. The Morgan fingerprint density at radius 2 is 1.95 bits per heavy atom. The molecule has 2 rings (SSSR count). The minimum atomic E-state index is -0.445. The second-order valence-corrected chi connectivity index (χ2v) is 4.73. The van der Waals surface area contributed by atoms with Crippen molar-refractivity contribution in [2.45, 2.75) is 27.4 Å². The number of aryl methyl sites for hydroxylation is 3. The second-order valence-electron chi connectivity index (χ2n) is 4.73. The van der Waals surface area contributed by atoms with Crippen molar-refractivity contribution in [2.24, 2.45) is 5.84 Å². The molecular weight excluding hydrogens is 256 g/mol. The van der Waals surface area contributed by atoms with Crippen LogP contribution < -0.4 is 16.0 Å². The van der Waals surface area contributed by atoms with Crippen LogP contribution in [-0.4, -0.2) is 5.91 Å². The summed E-state index contributed by atoms with van der Waals surface area (Å²) in [5.74, 6) is 6.21. The highest BCUT2D eigenvalue weighted by molar-refractivity contribution is 5.92. The van der Waals surface area contributed by atoms with Gasteiger partial charge in [-0.25, -0.2) is 5.84 Å². The number of carbonyl (C=O) groups excluding carboxylic acids is 1. The van der Waals surface area contributed by atoms with Gasteiger partial charge in [-0.2, -0.15) is 0 Å². The van der Waals surface area contributed by atoms with Crippen molar-refractivity contribution in [1.82, 2.24) is 5.43 Å². The van der Waals surface area contributed by atoms with Crippen LogP contribution in [0.15, 0.2) is 28.7 Å². The Morgan fingerprint density at radius 1 is 1.20 bits per heavy atom. The Hall–Kier alpha value is -2.27. The lowest BCUT2D eigenvalue weighted by Gasteiger charge is -2.06. The fourth-order valence-electron chi connectivity index (χ4n) is 1.87. The van der Waals surface area contributed by atoms with Gasteiger partial charge in [0.15, 0.2) is 5.76 Å². The van der Waals surface area contributed by atoms with E-state index in [1.54, 1.807) is 13.0 Å². The lowest BCUT2D eigenvalue weighted by Crippen LogP contribution is -2.30. The van der Waals surface area contributed by atoms with E-state index in [0.29, 0.717) is 5.76 Å². The number of hydrogen-bond acceptors (Lipinski definition) is 4. The van der Waals surface area contributed by atoms with E-state index < -0.39 is 5.91 Å². The van der Waals surface area contributed by atoms with E-state index in [0.717, 1.165) is 11.3 Å². The monoisotopic (exact) mass is 274 g/mol. The van der Waals surface area contributed by atoms with Gasteiger partial charge >= 0.3 is 5.91 Å². The molecule has 1 heterocycles. The maximum Gasteiger partial charge on any atom is 0.301 e. The molecule has 5 heteroatoms. The normalized spacial score (nSPS) is 10.4. The van der Waals surface area contributed by atoms with Crippen molar-refractivity contribution in [3.63, 3.8) is 0 Å². The minimum absolute atomic E-state index is 0.214. The van der Waals surface area contributed by atoms with Gasteiger partial charge in [-0.05, 0) is 50.1 Å². The lowest BCUT2D eigenvalue weighted by molar-refractivity contribution is 0.0921. The van der Waals surface area contributed by atoms with E-state index in [1.165, 1.54) is 11.1 Å². The summed E-state index contributed by atoms with van der Waals surface area (Å²) in [7, 11) is 0. The number of nitrogens with one attached hydrogen (secondary N) is 1. The number of carbonyl (C=O) groups is 1. The number of ether oxygens (including phenoxy) is 1. The van der Waals surface area contributed by atoms with Crippen molar-refractivity contribution >= 4 is 5.91 Å². The molecule has 5 nitrogen and oxygen atoms in total. The molecule has 0 fully saturated rings. The zero-order chi connectivity index (χ0) is 14.7. The maximum atomic E-state index is 11.4. The molecule has 0 atom stereocenters. The van der Waals surface area contributed by atoms with Crippen molar-refractivity contribution in [1.29, 1.82) is 0 Å². The van der Waals surface area contributed by atoms with Crippen LogP contribution in [0.3, 0.4) is 0 Å². The summed E-state index contributed by atoms with van der Waals surface area (Å²) in [6, 6.07) is 7.65. The Labute approximate surface area is 117 Å². The fourth-order valence-corrected chi connectivity index (χ4v) is 1.87. The molecular formula is C15H18N2O3. The van der Waals surface area contributed by atoms with Crippen LogP contribution in [0, 0.1) is 20.8 Å². The van der Waals surface area contributed by atoms with Crippen molar-refractivity contribution in [3.05, 3.63) is 52.5 Å². The molecule has 0 aliphatic rings. The molecule has 0 aliphatic heterocycles. The van der Waals surface area contributed by atoms with Crippen LogP contribution in [0.25, 0.3) is 0 Å². The molecule has 0 saturated heterocycles. The predicted molar refractivity (Wildman–Crippen MR) is 75.3 cm³/mol. The second kappa shape index (κ2) is 5.79. The summed E-state index contributed by atoms with van der Waals surface area (Å²) in [4.78, 5) is 11.4. The third kappa shape index (κ3) is 3.00. The molecule has 1 aromatic carbocycles. The highest BCUT2D eigenvalue weighted by Crippen LogP contribution is 2.20. The zero-order valence-electron chi connectivity index (χ0n) is 11.8. The lowest BCUT2D eigenvalue weighted by atomic mass is 10.1. The summed E-state index contributed by atoms with van der Waals surface area (Å²) >= 11 is 0. The molecule has 0 saturated carbocycles. The summed E-state index contributed by atoms with van der Waals surface area (Å²) in [6.45, 7) is 6.13. The molecule has 0 bridgehead atoms. The summed E-state index contributed by atoms with van der Waals surface area (Å²) in [6.07, 6.45) is 0. The molecule has 0 unspecified atom stereocenters. The number of hydrazine groups is 1. The van der Waals surface area contributed by atoms with Gasteiger partial charge in [-0.1, -0.05) is 6.07 Å². The van der Waals surface area contributed by atoms with Gasteiger partial charge in [0.25, 0.3) is 0 Å². The number of amides is 1. The van der Waals surface area contributed by atoms with Gasteiger partial charge in [-0.15, -0.1) is 0 Å². The first-order chi connectivity index (χ1) is 9.51. The quantitative estimate of drug-likeness (QED) is 0.510. The molecule has 0 spiro atoms. The number of benzene rings is 1. The average molecular weight is 274 g/mol. The first-order valence-corrected chi connectivity index (χ1v) is 6.31. The van der Waals surface area contributed by atoms with Crippen LogP contribution in [0.2, 0.25) is 0 Å². The molecule has 20 heavy (non-hydrogen) atoms. The average Bonchev–Trinajstić information content (AvgIpc) is 2.80. The molecule has 0 aliphatic carbocycles. The molecule has 2 aromatic rings. The van der Waals surface area contributed by atoms with E-state index in [-0.39, 0.29) is 12.4 Å². The number of hydrogen-bond donors (Lipinski definition) is 2. The van der Waals surface area contributed by atoms with Crippen molar-refractivity contribution in [2.75, 3.05) is 0 Å². The van der Waals surface area contributed by atoms with Gasteiger partial charge in [-0.3, -0.25) is 10.2 Å². The SMILES string of the molecule is Cc1ccc(OCc2cc(C)c(C(=O)NN)o2)cc1C.